The molecular weight excluding hydrogens is 178 g/mol. The van der Waals surface area contributed by atoms with Crippen LogP contribution in [0.4, 0.5) is 5.69 Å². The number of phenols is 1. The van der Waals surface area contributed by atoms with Crippen LogP contribution in [-0.2, 0) is 0 Å². The minimum atomic E-state index is 0.249. The first-order valence-corrected chi connectivity index (χ1v) is 4.03. The van der Waals surface area contributed by atoms with Gasteiger partial charge in [-0.1, -0.05) is 0 Å². The zero-order valence-electron chi connectivity index (χ0n) is 7.54. The highest BCUT2D eigenvalue weighted by atomic mass is 16.3. The monoisotopic (exact) mass is 189 g/mol. The van der Waals surface area contributed by atoms with Crippen molar-refractivity contribution in [1.29, 1.82) is 0 Å². The van der Waals surface area contributed by atoms with E-state index in [1.165, 1.54) is 6.33 Å². The number of nitrogens with zero attached hydrogens (tertiary/aromatic N) is 2. The number of nitrogen functional groups attached to an aromatic ring is 1. The summed E-state index contributed by atoms with van der Waals surface area (Å²) in [6, 6.07) is 8.18. The smallest absolute Gasteiger partial charge is 0.115 e. The van der Waals surface area contributed by atoms with Gasteiger partial charge in [-0.15, -0.1) is 0 Å². The maximum atomic E-state index is 8.70. The van der Waals surface area contributed by atoms with E-state index in [1.807, 2.05) is 0 Å². The lowest BCUT2D eigenvalue weighted by Gasteiger charge is -1.89. The average molecular weight is 189 g/mol. The first-order valence-electron chi connectivity index (χ1n) is 4.03. The summed E-state index contributed by atoms with van der Waals surface area (Å²) in [5.74, 6) is 0.249. The minimum Gasteiger partial charge on any atom is -0.508 e. The summed E-state index contributed by atoms with van der Waals surface area (Å²) in [5, 5.41) is 8.70. The summed E-state index contributed by atoms with van der Waals surface area (Å²) in [4.78, 5) is 7.35. The Morgan fingerprint density at radius 3 is 1.86 bits per heavy atom. The standard InChI is InChI=1S/C6H7NO.C4H4N2/c7-5-1-3-6(8)4-2-5;1-2-5-4-6-3-1/h1-4,8H,7H2;1-4H. The van der Waals surface area contributed by atoms with Crippen LogP contribution in [0.1, 0.15) is 0 Å². The van der Waals surface area contributed by atoms with Gasteiger partial charge in [-0.25, -0.2) is 9.97 Å². The number of anilines is 1. The molecule has 4 nitrogen and oxygen atoms in total. The van der Waals surface area contributed by atoms with Crippen LogP contribution in [-0.4, -0.2) is 15.1 Å². The van der Waals surface area contributed by atoms with Gasteiger partial charge in [0.05, 0.1) is 0 Å². The fourth-order valence-corrected chi connectivity index (χ4v) is 0.728. The van der Waals surface area contributed by atoms with E-state index < -0.39 is 0 Å². The molecule has 0 atom stereocenters. The van der Waals surface area contributed by atoms with Crippen LogP contribution in [0.3, 0.4) is 0 Å². The largest absolute Gasteiger partial charge is 0.508 e. The van der Waals surface area contributed by atoms with E-state index in [1.54, 1.807) is 42.7 Å². The lowest BCUT2D eigenvalue weighted by molar-refractivity contribution is 0.475. The van der Waals surface area contributed by atoms with Crippen LogP contribution < -0.4 is 5.73 Å². The number of phenolic OH excluding ortho intramolecular Hbond substituents is 1. The molecular formula is C10H11N3O. The van der Waals surface area contributed by atoms with Gasteiger partial charge >= 0.3 is 0 Å². The number of aromatic hydroxyl groups is 1. The highest BCUT2D eigenvalue weighted by molar-refractivity contribution is 5.40. The van der Waals surface area contributed by atoms with Crippen molar-refractivity contribution in [2.45, 2.75) is 0 Å². The van der Waals surface area contributed by atoms with Crippen molar-refractivity contribution in [2.24, 2.45) is 0 Å². The number of hydrogen-bond donors (Lipinski definition) is 2. The van der Waals surface area contributed by atoms with Gasteiger partial charge in [0.25, 0.3) is 0 Å². The van der Waals surface area contributed by atoms with E-state index in [-0.39, 0.29) is 5.75 Å². The first kappa shape index (κ1) is 9.98. The molecule has 1 aromatic carbocycles. The van der Waals surface area contributed by atoms with Crippen LogP contribution >= 0.6 is 0 Å². The Morgan fingerprint density at radius 1 is 1.00 bits per heavy atom. The lowest BCUT2D eigenvalue weighted by atomic mass is 10.3. The van der Waals surface area contributed by atoms with Crippen molar-refractivity contribution in [2.75, 3.05) is 5.73 Å². The van der Waals surface area contributed by atoms with Crippen LogP contribution in [0.2, 0.25) is 0 Å². The summed E-state index contributed by atoms with van der Waals surface area (Å²) < 4.78 is 0. The molecule has 0 unspecified atom stereocenters. The molecule has 4 heteroatoms. The van der Waals surface area contributed by atoms with Crippen LogP contribution in [0.25, 0.3) is 0 Å². The normalized spacial score (nSPS) is 8.57. The molecule has 2 rings (SSSR count). The SMILES string of the molecule is Nc1ccc(O)cc1.c1cncnc1. The molecule has 3 N–H and O–H groups in total. The first-order chi connectivity index (χ1) is 6.79. The summed E-state index contributed by atoms with van der Waals surface area (Å²) in [7, 11) is 0. The van der Waals surface area contributed by atoms with Crippen molar-refractivity contribution in [3.05, 3.63) is 49.1 Å². The van der Waals surface area contributed by atoms with E-state index in [0.29, 0.717) is 5.69 Å². The highest BCUT2D eigenvalue weighted by Crippen LogP contribution is 2.09. The van der Waals surface area contributed by atoms with Crippen molar-refractivity contribution in [3.8, 4) is 5.75 Å². The minimum absolute atomic E-state index is 0.249. The number of nitrogens with two attached hydrogens (primary N) is 1. The van der Waals surface area contributed by atoms with Gasteiger partial charge < -0.3 is 10.8 Å². The molecule has 1 aromatic heterocycles. The van der Waals surface area contributed by atoms with Crippen molar-refractivity contribution in [3.63, 3.8) is 0 Å². The van der Waals surface area contributed by atoms with Crippen molar-refractivity contribution >= 4 is 5.69 Å². The van der Waals surface area contributed by atoms with Crippen LogP contribution in [0.5, 0.6) is 5.75 Å². The second-order valence-corrected chi connectivity index (χ2v) is 2.50. The molecule has 0 saturated carbocycles. The molecule has 0 aliphatic rings. The third-order valence-electron chi connectivity index (χ3n) is 1.37. The topological polar surface area (TPSA) is 72.0 Å². The van der Waals surface area contributed by atoms with Crippen molar-refractivity contribution < 1.29 is 5.11 Å². The summed E-state index contributed by atoms with van der Waals surface area (Å²) in [6.45, 7) is 0. The van der Waals surface area contributed by atoms with Gasteiger partial charge in [-0.2, -0.15) is 0 Å². The summed E-state index contributed by atoms with van der Waals surface area (Å²) in [6.07, 6.45) is 4.88. The Hall–Kier alpha value is -2.10. The average Bonchev–Trinajstić information content (AvgIpc) is 2.26. The molecule has 0 radical (unpaired) electrons. The molecule has 14 heavy (non-hydrogen) atoms. The Bertz CT molecular complexity index is 300. The zero-order chi connectivity index (χ0) is 10.2. The van der Waals surface area contributed by atoms with Crippen LogP contribution in [0, 0.1) is 0 Å². The van der Waals surface area contributed by atoms with E-state index in [4.69, 9.17) is 10.8 Å². The lowest BCUT2D eigenvalue weighted by Crippen LogP contribution is -1.80. The third kappa shape index (κ3) is 4.06. The fourth-order valence-electron chi connectivity index (χ4n) is 0.728. The molecule has 0 fully saturated rings. The van der Waals surface area contributed by atoms with Crippen LogP contribution in [0.15, 0.2) is 49.1 Å². The molecule has 0 saturated heterocycles. The number of rotatable bonds is 0. The molecule has 0 bridgehead atoms. The molecule has 0 aliphatic carbocycles. The maximum absolute atomic E-state index is 8.70. The Morgan fingerprint density at radius 2 is 1.57 bits per heavy atom. The van der Waals surface area contributed by atoms with E-state index in [0.717, 1.165) is 0 Å². The molecule has 0 aliphatic heterocycles. The third-order valence-corrected chi connectivity index (χ3v) is 1.37. The van der Waals surface area contributed by atoms with E-state index in [9.17, 15) is 0 Å². The quantitative estimate of drug-likeness (QED) is 0.486. The summed E-state index contributed by atoms with van der Waals surface area (Å²) >= 11 is 0. The fraction of sp³-hybridized carbons (Fsp3) is 0. The number of hydrogen-bond acceptors (Lipinski definition) is 4. The Labute approximate surface area is 82.1 Å². The second kappa shape index (κ2) is 5.53. The van der Waals surface area contributed by atoms with Gasteiger partial charge in [0.2, 0.25) is 0 Å². The van der Waals surface area contributed by atoms with E-state index in [2.05, 4.69) is 9.97 Å². The molecule has 1 heterocycles. The molecule has 0 amide bonds. The predicted octanol–water partition coefficient (Wildman–Crippen LogP) is 1.45. The van der Waals surface area contributed by atoms with Gasteiger partial charge in [0.15, 0.2) is 0 Å². The number of benzene rings is 1. The van der Waals surface area contributed by atoms with E-state index >= 15 is 0 Å². The van der Waals surface area contributed by atoms with Gasteiger partial charge in [0.1, 0.15) is 12.1 Å². The predicted molar refractivity (Wildman–Crippen MR) is 54.6 cm³/mol. The zero-order valence-corrected chi connectivity index (χ0v) is 7.54. The van der Waals surface area contributed by atoms with Gasteiger partial charge in [0, 0.05) is 18.1 Å². The summed E-state index contributed by atoms with van der Waals surface area (Å²) in [5.41, 5.74) is 5.98. The second-order valence-electron chi connectivity index (χ2n) is 2.50. The number of aromatic nitrogens is 2. The molecule has 0 spiro atoms. The van der Waals surface area contributed by atoms with Gasteiger partial charge in [-0.05, 0) is 30.3 Å². The Kier molecular flexibility index (Phi) is 3.94. The molecule has 2 aromatic rings. The van der Waals surface area contributed by atoms with Crippen molar-refractivity contribution in [1.82, 2.24) is 9.97 Å². The highest BCUT2D eigenvalue weighted by Gasteiger charge is 1.82. The Balaban J connectivity index is 0.000000146. The van der Waals surface area contributed by atoms with Gasteiger partial charge in [-0.3, -0.25) is 0 Å². The maximum Gasteiger partial charge on any atom is 0.115 e. The molecule has 72 valence electrons.